The molecule has 0 aliphatic heterocycles. The number of carboxylic acids is 1. The number of carbonyl (C=O) groups is 1. The predicted octanol–water partition coefficient (Wildman–Crippen LogP) is 2.83. The fraction of sp³-hybridized carbons (Fsp3) is 0.588. The number of fused-ring (bicyclic) bond motifs is 1. The van der Waals surface area contributed by atoms with Crippen LogP contribution in [0.2, 0.25) is 0 Å². The Hall–Kier alpha value is -1.39. The van der Waals surface area contributed by atoms with Gasteiger partial charge in [0.25, 0.3) is 0 Å². The van der Waals surface area contributed by atoms with E-state index >= 15 is 0 Å². The summed E-state index contributed by atoms with van der Waals surface area (Å²) in [6, 6.07) is 8.60. The molecule has 2 rings (SSSR count). The van der Waals surface area contributed by atoms with Crippen LogP contribution in [0.5, 0.6) is 0 Å². The molecule has 0 heterocycles. The van der Waals surface area contributed by atoms with Crippen LogP contribution >= 0.6 is 0 Å². The summed E-state index contributed by atoms with van der Waals surface area (Å²) in [5, 5.41) is 9.18. The Morgan fingerprint density at radius 2 is 2.14 bits per heavy atom. The molecule has 1 aromatic rings. The number of carboxylic acid groups (broad SMARTS) is 1. The summed E-state index contributed by atoms with van der Waals surface area (Å²) in [5.74, 6) is -0.784. The molecule has 1 unspecified atom stereocenters. The molecule has 0 saturated heterocycles. The Kier molecular flexibility index (Phi) is 5.01. The molecule has 0 spiro atoms. The maximum atomic E-state index is 11.2. The highest BCUT2D eigenvalue weighted by Crippen LogP contribution is 2.43. The van der Waals surface area contributed by atoms with Gasteiger partial charge in [-0.05, 0) is 29.4 Å². The van der Waals surface area contributed by atoms with Crippen LogP contribution in [-0.2, 0) is 14.9 Å². The van der Waals surface area contributed by atoms with Crippen molar-refractivity contribution in [1.82, 2.24) is 4.90 Å². The van der Waals surface area contributed by atoms with Crippen molar-refractivity contribution in [2.24, 2.45) is 0 Å². The second-order valence-corrected chi connectivity index (χ2v) is 6.38. The smallest absolute Gasteiger partial charge is 0.317 e. The van der Waals surface area contributed by atoms with Gasteiger partial charge in [0.05, 0.1) is 13.2 Å². The van der Waals surface area contributed by atoms with Gasteiger partial charge in [-0.25, -0.2) is 0 Å². The topological polar surface area (TPSA) is 49.8 Å². The molecule has 1 aromatic carbocycles. The van der Waals surface area contributed by atoms with Gasteiger partial charge in [0.2, 0.25) is 0 Å². The summed E-state index contributed by atoms with van der Waals surface area (Å²) < 4.78 is 5.14. The number of hydrogen-bond acceptors (Lipinski definition) is 3. The lowest BCUT2D eigenvalue weighted by atomic mass is 9.70. The molecule has 0 bridgehead atoms. The van der Waals surface area contributed by atoms with Crippen LogP contribution in [0.4, 0.5) is 0 Å². The molecule has 4 nitrogen and oxygen atoms in total. The maximum Gasteiger partial charge on any atom is 0.317 e. The van der Waals surface area contributed by atoms with Gasteiger partial charge in [0.1, 0.15) is 0 Å². The molecular weight excluding hydrogens is 266 g/mol. The van der Waals surface area contributed by atoms with Gasteiger partial charge in [-0.3, -0.25) is 9.69 Å². The van der Waals surface area contributed by atoms with Gasteiger partial charge >= 0.3 is 5.97 Å². The second-order valence-electron chi connectivity index (χ2n) is 6.38. The first-order valence-electron chi connectivity index (χ1n) is 7.50. The Balaban J connectivity index is 2.31. The number of benzene rings is 1. The molecule has 1 aliphatic rings. The van der Waals surface area contributed by atoms with E-state index in [4.69, 9.17) is 4.74 Å². The SMILES string of the molecule is COCCN(CC(=O)O)C1CCC(C)(C)c2ccccc21. The minimum absolute atomic E-state index is 0.0583. The fourth-order valence-corrected chi connectivity index (χ4v) is 3.30. The van der Waals surface area contributed by atoms with E-state index in [1.54, 1.807) is 7.11 Å². The Labute approximate surface area is 126 Å². The zero-order valence-corrected chi connectivity index (χ0v) is 13.1. The summed E-state index contributed by atoms with van der Waals surface area (Å²) in [6.45, 7) is 5.78. The summed E-state index contributed by atoms with van der Waals surface area (Å²) >= 11 is 0. The summed E-state index contributed by atoms with van der Waals surface area (Å²) in [4.78, 5) is 13.2. The zero-order chi connectivity index (χ0) is 15.5. The van der Waals surface area contributed by atoms with Crippen molar-refractivity contribution in [2.45, 2.75) is 38.1 Å². The molecule has 0 fully saturated rings. The predicted molar refractivity (Wildman–Crippen MR) is 82.5 cm³/mol. The van der Waals surface area contributed by atoms with E-state index in [0.717, 1.165) is 12.8 Å². The number of rotatable bonds is 6. The van der Waals surface area contributed by atoms with Crippen molar-refractivity contribution >= 4 is 5.97 Å². The quantitative estimate of drug-likeness (QED) is 0.875. The van der Waals surface area contributed by atoms with Crippen LogP contribution in [0, 0.1) is 0 Å². The highest BCUT2D eigenvalue weighted by Gasteiger charge is 2.35. The van der Waals surface area contributed by atoms with E-state index in [9.17, 15) is 9.90 Å². The molecule has 1 atom stereocenters. The average molecular weight is 291 g/mol. The van der Waals surface area contributed by atoms with Crippen molar-refractivity contribution in [3.05, 3.63) is 35.4 Å². The molecule has 0 amide bonds. The van der Waals surface area contributed by atoms with Crippen LogP contribution in [0.15, 0.2) is 24.3 Å². The van der Waals surface area contributed by atoms with Gasteiger partial charge in [-0.15, -0.1) is 0 Å². The van der Waals surface area contributed by atoms with E-state index < -0.39 is 5.97 Å². The first-order valence-corrected chi connectivity index (χ1v) is 7.50. The third-order valence-corrected chi connectivity index (χ3v) is 4.45. The van der Waals surface area contributed by atoms with Gasteiger partial charge < -0.3 is 9.84 Å². The van der Waals surface area contributed by atoms with Crippen LogP contribution in [0.1, 0.15) is 43.9 Å². The first kappa shape index (κ1) is 16.0. The normalized spacial score (nSPS) is 20.3. The third kappa shape index (κ3) is 3.63. The Bertz CT molecular complexity index is 499. The van der Waals surface area contributed by atoms with E-state index in [1.165, 1.54) is 11.1 Å². The van der Waals surface area contributed by atoms with Crippen molar-refractivity contribution in [2.75, 3.05) is 26.8 Å². The minimum atomic E-state index is -0.784. The lowest BCUT2D eigenvalue weighted by Gasteiger charge is -2.41. The summed E-state index contributed by atoms with van der Waals surface area (Å²) in [7, 11) is 1.65. The average Bonchev–Trinajstić information content (AvgIpc) is 2.44. The number of nitrogens with zero attached hydrogens (tertiary/aromatic N) is 1. The number of hydrogen-bond donors (Lipinski definition) is 1. The number of methoxy groups -OCH3 is 1. The van der Waals surface area contributed by atoms with E-state index in [1.807, 2.05) is 11.0 Å². The van der Waals surface area contributed by atoms with E-state index in [0.29, 0.717) is 13.2 Å². The van der Waals surface area contributed by atoms with Gasteiger partial charge in [0, 0.05) is 19.7 Å². The highest BCUT2D eigenvalue weighted by atomic mass is 16.5. The van der Waals surface area contributed by atoms with Crippen LogP contribution in [-0.4, -0.2) is 42.8 Å². The van der Waals surface area contributed by atoms with Gasteiger partial charge in [-0.2, -0.15) is 0 Å². The molecule has 0 aromatic heterocycles. The molecule has 21 heavy (non-hydrogen) atoms. The molecule has 4 heteroatoms. The maximum absolute atomic E-state index is 11.2. The van der Waals surface area contributed by atoms with E-state index in [-0.39, 0.29) is 18.0 Å². The van der Waals surface area contributed by atoms with Crippen molar-refractivity contribution in [3.8, 4) is 0 Å². The lowest BCUT2D eigenvalue weighted by Crippen LogP contribution is -2.40. The molecular formula is C17H25NO3. The van der Waals surface area contributed by atoms with Gasteiger partial charge in [0.15, 0.2) is 0 Å². The third-order valence-electron chi connectivity index (χ3n) is 4.45. The fourth-order valence-electron chi connectivity index (χ4n) is 3.30. The van der Waals surface area contributed by atoms with Crippen molar-refractivity contribution in [1.29, 1.82) is 0 Å². The molecule has 0 radical (unpaired) electrons. The van der Waals surface area contributed by atoms with E-state index in [2.05, 4.69) is 32.0 Å². The van der Waals surface area contributed by atoms with Crippen molar-refractivity contribution in [3.63, 3.8) is 0 Å². The molecule has 0 saturated carbocycles. The molecule has 1 N–H and O–H groups in total. The van der Waals surface area contributed by atoms with Crippen LogP contribution in [0.25, 0.3) is 0 Å². The molecule has 1 aliphatic carbocycles. The second kappa shape index (κ2) is 6.58. The monoisotopic (exact) mass is 291 g/mol. The minimum Gasteiger partial charge on any atom is -0.480 e. The Morgan fingerprint density at radius 1 is 1.43 bits per heavy atom. The lowest BCUT2D eigenvalue weighted by molar-refractivity contribution is -0.139. The van der Waals surface area contributed by atoms with Crippen molar-refractivity contribution < 1.29 is 14.6 Å². The first-order chi connectivity index (χ1) is 9.95. The molecule has 116 valence electrons. The summed E-state index contributed by atoms with van der Waals surface area (Å²) in [6.07, 6.45) is 2.05. The number of ether oxygens (including phenoxy) is 1. The largest absolute Gasteiger partial charge is 0.480 e. The van der Waals surface area contributed by atoms with Crippen LogP contribution in [0.3, 0.4) is 0 Å². The standard InChI is InChI=1S/C17H25NO3/c1-17(2)9-8-15(13-6-4-5-7-14(13)17)18(10-11-21-3)12-16(19)20/h4-7,15H,8-12H2,1-3H3,(H,19,20). The number of aliphatic carboxylic acids is 1. The highest BCUT2D eigenvalue weighted by molar-refractivity contribution is 5.69. The van der Waals surface area contributed by atoms with Gasteiger partial charge in [-0.1, -0.05) is 38.1 Å². The zero-order valence-electron chi connectivity index (χ0n) is 13.1. The van der Waals surface area contributed by atoms with Crippen LogP contribution < -0.4 is 0 Å². The summed E-state index contributed by atoms with van der Waals surface area (Å²) in [5.41, 5.74) is 2.77. The Morgan fingerprint density at radius 3 is 2.81 bits per heavy atom.